The van der Waals surface area contributed by atoms with Crippen LogP contribution >= 0.6 is 0 Å². The second-order valence-corrected chi connectivity index (χ2v) is 8.93. The first-order chi connectivity index (χ1) is 13.6. The Morgan fingerprint density at radius 3 is 2.86 bits per heavy atom. The van der Waals surface area contributed by atoms with E-state index < -0.39 is 0 Å². The molecule has 6 nitrogen and oxygen atoms in total. The van der Waals surface area contributed by atoms with Crippen LogP contribution in [-0.4, -0.2) is 65.2 Å². The number of nitrogens with zero attached hydrogens (tertiary/aromatic N) is 3. The van der Waals surface area contributed by atoms with Crippen LogP contribution in [0.3, 0.4) is 0 Å². The summed E-state index contributed by atoms with van der Waals surface area (Å²) in [7, 11) is 1.64. The lowest BCUT2D eigenvalue weighted by Crippen LogP contribution is -2.60. The van der Waals surface area contributed by atoms with Gasteiger partial charge in [0.05, 0.1) is 13.2 Å². The molecule has 1 saturated carbocycles. The van der Waals surface area contributed by atoms with Gasteiger partial charge in [-0.05, 0) is 43.7 Å². The van der Waals surface area contributed by atoms with Gasteiger partial charge in [-0.2, -0.15) is 0 Å². The molecule has 0 bridgehead atoms. The van der Waals surface area contributed by atoms with Gasteiger partial charge in [0.15, 0.2) is 0 Å². The Morgan fingerprint density at radius 2 is 2.07 bits per heavy atom. The average molecular weight is 388 g/mol. The molecule has 2 aliphatic heterocycles. The van der Waals surface area contributed by atoms with Crippen molar-refractivity contribution in [2.45, 2.75) is 57.6 Å². The smallest absolute Gasteiger partial charge is 0.225 e. The molecule has 154 valence electrons. The summed E-state index contributed by atoms with van der Waals surface area (Å²) in [5.41, 5.74) is 0.982. The van der Waals surface area contributed by atoms with Gasteiger partial charge in [-0.25, -0.2) is 4.98 Å². The van der Waals surface area contributed by atoms with Crippen molar-refractivity contribution >= 4 is 5.91 Å². The Labute approximate surface area is 167 Å². The van der Waals surface area contributed by atoms with Crippen LogP contribution in [0.2, 0.25) is 0 Å². The number of likely N-dealkylation sites (tertiary alicyclic amines) is 2. The maximum Gasteiger partial charge on any atom is 0.225 e. The van der Waals surface area contributed by atoms with Gasteiger partial charge in [0.1, 0.15) is 0 Å². The lowest BCUT2D eigenvalue weighted by atomic mass is 9.71. The number of methoxy groups -OCH3 is 1. The number of hydrogen-bond acceptors (Lipinski definition) is 5. The number of hydrogen-bond donors (Lipinski definition) is 1. The van der Waals surface area contributed by atoms with E-state index in [2.05, 4.69) is 14.8 Å². The summed E-state index contributed by atoms with van der Waals surface area (Å²) in [5.74, 6) is 1.19. The third-order valence-corrected chi connectivity index (χ3v) is 7.00. The fourth-order valence-corrected chi connectivity index (χ4v) is 5.47. The summed E-state index contributed by atoms with van der Waals surface area (Å²) in [6, 6.07) is 4.01. The topological polar surface area (TPSA) is 65.9 Å². The van der Waals surface area contributed by atoms with Crippen molar-refractivity contribution in [3.05, 3.63) is 23.9 Å². The predicted octanol–water partition coefficient (Wildman–Crippen LogP) is 2.46. The maximum absolute atomic E-state index is 13.0. The van der Waals surface area contributed by atoms with E-state index in [4.69, 9.17) is 4.74 Å². The molecule has 1 N–H and O–H groups in total. The number of aromatic nitrogens is 1. The molecule has 1 aliphatic carbocycles. The van der Waals surface area contributed by atoms with Crippen molar-refractivity contribution in [1.82, 2.24) is 14.8 Å². The number of amides is 1. The molecule has 3 aliphatic rings. The molecule has 0 unspecified atom stereocenters. The second-order valence-electron chi connectivity index (χ2n) is 8.93. The number of pyridine rings is 1. The highest BCUT2D eigenvalue weighted by atomic mass is 16.5. The maximum atomic E-state index is 13.0. The molecule has 1 aromatic rings. The first-order valence-electron chi connectivity index (χ1n) is 10.8. The van der Waals surface area contributed by atoms with Gasteiger partial charge in [-0.1, -0.05) is 12.8 Å². The summed E-state index contributed by atoms with van der Waals surface area (Å²) in [5, 5.41) is 10.9. The fourth-order valence-electron chi connectivity index (χ4n) is 5.47. The number of piperidine rings is 2. The van der Waals surface area contributed by atoms with E-state index in [1.165, 1.54) is 18.4 Å². The van der Waals surface area contributed by atoms with Gasteiger partial charge in [0.2, 0.25) is 11.8 Å². The van der Waals surface area contributed by atoms with Crippen LogP contribution in [0.15, 0.2) is 18.3 Å². The molecule has 2 saturated heterocycles. The number of carbonyl (C=O) groups excluding carboxylic acids is 1. The van der Waals surface area contributed by atoms with Crippen molar-refractivity contribution in [1.29, 1.82) is 0 Å². The van der Waals surface area contributed by atoms with Crippen molar-refractivity contribution in [3.8, 4) is 5.88 Å². The first-order valence-corrected chi connectivity index (χ1v) is 10.8. The molecule has 4 rings (SSSR count). The van der Waals surface area contributed by atoms with E-state index in [-0.39, 0.29) is 17.4 Å². The summed E-state index contributed by atoms with van der Waals surface area (Å²) >= 11 is 0. The van der Waals surface area contributed by atoms with Crippen LogP contribution < -0.4 is 4.74 Å². The molecule has 1 aromatic heterocycles. The standard InChI is InChI=1S/C22H33N3O3/c1-28-20-13-17(7-10-23-20)14-24-12-8-19(26)22(15-24)9-4-11-25(16-22)21(27)18-5-2-3-6-18/h7,10,13,18-19,26H,2-6,8-9,11-12,14-16H2,1H3/t19-,22-/m1/s1. The number of aliphatic hydroxyl groups is 1. The second kappa shape index (κ2) is 8.37. The van der Waals surface area contributed by atoms with Crippen LogP contribution in [-0.2, 0) is 11.3 Å². The van der Waals surface area contributed by atoms with Crippen molar-refractivity contribution in [2.75, 3.05) is 33.3 Å². The SMILES string of the molecule is COc1cc(CN2CC[C@@H](O)[C@]3(CCCN(C(=O)C4CCCC4)C3)C2)ccn1. The Hall–Kier alpha value is -1.66. The zero-order valence-electron chi connectivity index (χ0n) is 17.0. The van der Waals surface area contributed by atoms with Crippen molar-refractivity contribution < 1.29 is 14.6 Å². The van der Waals surface area contributed by atoms with Gasteiger partial charge in [0.25, 0.3) is 0 Å². The Kier molecular flexibility index (Phi) is 5.88. The third-order valence-electron chi connectivity index (χ3n) is 7.00. The quantitative estimate of drug-likeness (QED) is 0.860. The zero-order valence-corrected chi connectivity index (χ0v) is 17.0. The van der Waals surface area contributed by atoms with Crippen LogP contribution in [0.1, 0.15) is 50.5 Å². The van der Waals surface area contributed by atoms with Crippen LogP contribution in [0, 0.1) is 11.3 Å². The summed E-state index contributed by atoms with van der Waals surface area (Å²) < 4.78 is 5.25. The number of aliphatic hydroxyl groups excluding tert-OH is 1. The Bertz CT molecular complexity index is 691. The summed E-state index contributed by atoms with van der Waals surface area (Å²) in [6.45, 7) is 4.10. The van der Waals surface area contributed by atoms with E-state index in [0.29, 0.717) is 18.3 Å². The van der Waals surface area contributed by atoms with Crippen LogP contribution in [0.25, 0.3) is 0 Å². The van der Waals surface area contributed by atoms with Gasteiger partial charge in [0, 0.05) is 56.3 Å². The van der Waals surface area contributed by atoms with Gasteiger partial charge in [-0.15, -0.1) is 0 Å². The number of rotatable bonds is 4. The normalized spacial score (nSPS) is 29.4. The lowest BCUT2D eigenvalue weighted by Gasteiger charge is -2.51. The van der Waals surface area contributed by atoms with Gasteiger partial charge in [-0.3, -0.25) is 9.69 Å². The molecule has 3 fully saturated rings. The minimum absolute atomic E-state index is 0.193. The van der Waals surface area contributed by atoms with Crippen molar-refractivity contribution in [2.24, 2.45) is 11.3 Å². The van der Waals surface area contributed by atoms with E-state index >= 15 is 0 Å². The average Bonchev–Trinajstić information content (AvgIpc) is 3.25. The minimum atomic E-state index is -0.324. The molecule has 0 radical (unpaired) electrons. The molecule has 0 aromatic carbocycles. The van der Waals surface area contributed by atoms with Crippen LogP contribution in [0.5, 0.6) is 5.88 Å². The molecular weight excluding hydrogens is 354 g/mol. The lowest BCUT2D eigenvalue weighted by molar-refractivity contribution is -0.145. The summed E-state index contributed by atoms with van der Waals surface area (Å²) in [4.78, 5) is 21.7. The largest absolute Gasteiger partial charge is 0.481 e. The van der Waals surface area contributed by atoms with Gasteiger partial charge < -0.3 is 14.7 Å². The Balaban J connectivity index is 1.44. The van der Waals surface area contributed by atoms with Crippen molar-refractivity contribution in [3.63, 3.8) is 0 Å². The molecule has 1 spiro atoms. The van der Waals surface area contributed by atoms with E-state index in [1.807, 2.05) is 12.1 Å². The highest BCUT2D eigenvalue weighted by Crippen LogP contribution is 2.40. The van der Waals surface area contributed by atoms with E-state index in [1.54, 1.807) is 13.3 Å². The third kappa shape index (κ3) is 4.03. The predicted molar refractivity (Wildman–Crippen MR) is 107 cm³/mol. The minimum Gasteiger partial charge on any atom is -0.481 e. The van der Waals surface area contributed by atoms with Gasteiger partial charge >= 0.3 is 0 Å². The highest BCUT2D eigenvalue weighted by molar-refractivity contribution is 5.79. The highest BCUT2D eigenvalue weighted by Gasteiger charge is 2.47. The Morgan fingerprint density at radius 1 is 1.25 bits per heavy atom. The van der Waals surface area contributed by atoms with E-state index in [9.17, 15) is 9.90 Å². The summed E-state index contributed by atoms with van der Waals surface area (Å²) in [6.07, 6.45) is 8.67. The molecule has 6 heteroatoms. The monoisotopic (exact) mass is 387 g/mol. The van der Waals surface area contributed by atoms with Crippen LogP contribution in [0.4, 0.5) is 0 Å². The molecular formula is C22H33N3O3. The fraction of sp³-hybridized carbons (Fsp3) is 0.727. The first kappa shape index (κ1) is 19.6. The number of ether oxygens (including phenoxy) is 1. The van der Waals surface area contributed by atoms with E-state index in [0.717, 1.165) is 58.3 Å². The molecule has 2 atom stereocenters. The molecule has 1 amide bonds. The molecule has 28 heavy (non-hydrogen) atoms. The zero-order chi connectivity index (χ0) is 19.6. The number of carbonyl (C=O) groups is 1. The molecule has 3 heterocycles.